The van der Waals surface area contributed by atoms with Crippen molar-refractivity contribution >= 4 is 34.6 Å². The number of benzene rings is 3. The maximum atomic E-state index is 13.4. The van der Waals surface area contributed by atoms with Gasteiger partial charge in [-0.05, 0) is 73.0 Å². The molecule has 33 heavy (non-hydrogen) atoms. The van der Waals surface area contributed by atoms with Gasteiger partial charge in [0.15, 0.2) is 0 Å². The summed E-state index contributed by atoms with van der Waals surface area (Å²) in [5.74, 6) is 0.345. The van der Waals surface area contributed by atoms with E-state index in [1.807, 2.05) is 26.0 Å². The van der Waals surface area contributed by atoms with E-state index in [0.29, 0.717) is 22.2 Å². The molecule has 5 rings (SSSR count). The minimum atomic E-state index is -0.692. The standard InChI is InChI=1S/C27H24ClN3O2/c1-27(2)23-11-19(18-3-7-21(8-4-18)30-14-17(15-30)16-32)6-10-25(23)31(26(27)33)22-9-5-20(13-29)24(28)12-22/h3-12,17,32H,14-16H2,1-2H3. The lowest BCUT2D eigenvalue weighted by atomic mass is 9.84. The minimum absolute atomic E-state index is 0.0259. The van der Waals surface area contributed by atoms with Gasteiger partial charge in [-0.2, -0.15) is 5.26 Å². The summed E-state index contributed by atoms with van der Waals surface area (Å²) in [6.07, 6.45) is 0. The topological polar surface area (TPSA) is 67.6 Å². The van der Waals surface area contributed by atoms with Crippen LogP contribution in [0.15, 0.2) is 60.7 Å². The first-order valence-corrected chi connectivity index (χ1v) is 11.4. The number of rotatable bonds is 4. The number of nitriles is 1. The van der Waals surface area contributed by atoms with E-state index >= 15 is 0 Å². The largest absolute Gasteiger partial charge is 0.396 e. The normalized spacial score (nSPS) is 17.0. The van der Waals surface area contributed by atoms with Crippen LogP contribution in [0.2, 0.25) is 5.02 Å². The quantitative estimate of drug-likeness (QED) is 0.580. The molecule has 3 aromatic rings. The first-order chi connectivity index (χ1) is 15.8. The highest BCUT2D eigenvalue weighted by atomic mass is 35.5. The number of aliphatic hydroxyl groups excluding tert-OH is 1. The van der Waals surface area contributed by atoms with Crippen molar-refractivity contribution in [1.82, 2.24) is 0 Å². The van der Waals surface area contributed by atoms with E-state index < -0.39 is 5.41 Å². The molecule has 0 atom stereocenters. The van der Waals surface area contributed by atoms with Crippen LogP contribution < -0.4 is 9.80 Å². The summed E-state index contributed by atoms with van der Waals surface area (Å²) in [7, 11) is 0. The molecule has 2 aliphatic rings. The number of amides is 1. The monoisotopic (exact) mass is 457 g/mol. The molecule has 166 valence electrons. The van der Waals surface area contributed by atoms with Gasteiger partial charge in [0.05, 0.1) is 27.4 Å². The molecular formula is C27H24ClN3O2. The third-order valence-electron chi connectivity index (χ3n) is 6.76. The molecular weight excluding hydrogens is 434 g/mol. The number of carbonyl (C=O) groups is 1. The number of hydrogen-bond donors (Lipinski definition) is 1. The van der Waals surface area contributed by atoms with Gasteiger partial charge >= 0.3 is 0 Å². The fourth-order valence-electron chi connectivity index (χ4n) is 4.67. The van der Waals surface area contributed by atoms with Gasteiger partial charge in [0.2, 0.25) is 5.91 Å². The third kappa shape index (κ3) is 3.47. The Morgan fingerprint density at radius 2 is 1.70 bits per heavy atom. The number of aliphatic hydroxyl groups is 1. The van der Waals surface area contributed by atoms with Crippen LogP contribution in [0, 0.1) is 17.2 Å². The predicted octanol–water partition coefficient (Wildman–Crippen LogP) is 5.26. The second-order valence-corrected chi connectivity index (χ2v) is 9.68. The molecule has 0 spiro atoms. The van der Waals surface area contributed by atoms with Crippen LogP contribution in [-0.2, 0) is 10.2 Å². The van der Waals surface area contributed by atoms with Crippen molar-refractivity contribution in [2.45, 2.75) is 19.3 Å². The Hall–Kier alpha value is -3.33. The zero-order chi connectivity index (χ0) is 23.3. The Morgan fingerprint density at radius 3 is 2.33 bits per heavy atom. The molecule has 0 unspecified atom stereocenters. The first-order valence-electron chi connectivity index (χ1n) is 11.0. The van der Waals surface area contributed by atoms with Crippen LogP contribution in [0.3, 0.4) is 0 Å². The first kappa shape index (κ1) is 21.5. The lowest BCUT2D eigenvalue weighted by molar-refractivity contribution is -0.121. The number of anilines is 3. The summed E-state index contributed by atoms with van der Waals surface area (Å²) in [6.45, 7) is 5.89. The van der Waals surface area contributed by atoms with Crippen molar-refractivity contribution < 1.29 is 9.90 Å². The van der Waals surface area contributed by atoms with Crippen LogP contribution in [-0.4, -0.2) is 30.7 Å². The van der Waals surface area contributed by atoms with Crippen molar-refractivity contribution in [3.05, 3.63) is 76.8 Å². The number of fused-ring (bicyclic) bond motifs is 1. The third-order valence-corrected chi connectivity index (χ3v) is 7.07. The summed E-state index contributed by atoms with van der Waals surface area (Å²) < 4.78 is 0. The highest BCUT2D eigenvalue weighted by Crippen LogP contribution is 2.47. The lowest BCUT2D eigenvalue weighted by Gasteiger charge is -2.40. The van der Waals surface area contributed by atoms with E-state index in [0.717, 1.165) is 41.2 Å². The average molecular weight is 458 g/mol. The predicted molar refractivity (Wildman–Crippen MR) is 131 cm³/mol. The van der Waals surface area contributed by atoms with Crippen molar-refractivity contribution in [3.63, 3.8) is 0 Å². The fourth-order valence-corrected chi connectivity index (χ4v) is 4.88. The summed E-state index contributed by atoms with van der Waals surface area (Å²) in [5.41, 5.74) is 5.44. The van der Waals surface area contributed by atoms with Crippen LogP contribution in [0.25, 0.3) is 11.1 Å². The Labute approximate surface area is 198 Å². The zero-order valence-corrected chi connectivity index (χ0v) is 19.3. The van der Waals surface area contributed by atoms with Crippen molar-refractivity contribution in [3.8, 4) is 17.2 Å². The minimum Gasteiger partial charge on any atom is -0.396 e. The second kappa shape index (κ2) is 7.91. The van der Waals surface area contributed by atoms with Crippen LogP contribution in [0.4, 0.5) is 17.1 Å². The fraction of sp³-hybridized carbons (Fsp3) is 0.259. The molecule has 1 fully saturated rings. The van der Waals surface area contributed by atoms with Crippen molar-refractivity contribution in [2.24, 2.45) is 5.92 Å². The molecule has 0 bridgehead atoms. The van der Waals surface area contributed by atoms with Gasteiger partial charge in [-0.1, -0.05) is 29.8 Å². The maximum Gasteiger partial charge on any atom is 0.241 e. The van der Waals surface area contributed by atoms with Crippen molar-refractivity contribution in [1.29, 1.82) is 5.26 Å². The summed E-state index contributed by atoms with van der Waals surface area (Å²) in [6, 6.07) is 21.7. The number of halogens is 1. The van der Waals surface area contributed by atoms with Gasteiger partial charge < -0.3 is 10.0 Å². The Bertz CT molecular complexity index is 1290. The van der Waals surface area contributed by atoms with Gasteiger partial charge in [0.1, 0.15) is 6.07 Å². The van der Waals surface area contributed by atoms with Crippen LogP contribution >= 0.6 is 11.6 Å². The van der Waals surface area contributed by atoms with E-state index in [1.54, 1.807) is 23.1 Å². The highest BCUT2D eigenvalue weighted by Gasteiger charge is 2.44. The molecule has 0 aliphatic carbocycles. The molecule has 0 radical (unpaired) electrons. The average Bonchev–Trinajstić information content (AvgIpc) is 2.98. The molecule has 3 aromatic carbocycles. The zero-order valence-electron chi connectivity index (χ0n) is 18.5. The van der Waals surface area contributed by atoms with Crippen LogP contribution in [0.1, 0.15) is 25.0 Å². The van der Waals surface area contributed by atoms with Crippen LogP contribution in [0.5, 0.6) is 0 Å². The van der Waals surface area contributed by atoms with E-state index in [2.05, 4.69) is 41.3 Å². The Kier molecular flexibility index (Phi) is 5.16. The van der Waals surface area contributed by atoms with E-state index in [-0.39, 0.29) is 12.5 Å². The smallest absolute Gasteiger partial charge is 0.241 e. The van der Waals surface area contributed by atoms with Gasteiger partial charge in [-0.3, -0.25) is 9.69 Å². The van der Waals surface area contributed by atoms with E-state index in [4.69, 9.17) is 16.9 Å². The summed E-state index contributed by atoms with van der Waals surface area (Å²) >= 11 is 6.25. The van der Waals surface area contributed by atoms with E-state index in [9.17, 15) is 9.90 Å². The SMILES string of the molecule is CC1(C)C(=O)N(c2ccc(C#N)c(Cl)c2)c2ccc(-c3ccc(N4CC(CO)C4)cc3)cc21. The van der Waals surface area contributed by atoms with Gasteiger partial charge in [0, 0.05) is 31.3 Å². The lowest BCUT2D eigenvalue weighted by Crippen LogP contribution is -2.48. The summed E-state index contributed by atoms with van der Waals surface area (Å²) in [4.78, 5) is 17.4. The molecule has 0 aromatic heterocycles. The molecule has 0 saturated carbocycles. The van der Waals surface area contributed by atoms with E-state index in [1.165, 1.54) is 0 Å². The van der Waals surface area contributed by atoms with Gasteiger partial charge in [-0.15, -0.1) is 0 Å². The molecule has 1 amide bonds. The Balaban J connectivity index is 1.48. The number of carbonyl (C=O) groups excluding carboxylic acids is 1. The van der Waals surface area contributed by atoms with Gasteiger partial charge in [0.25, 0.3) is 0 Å². The Morgan fingerprint density at radius 1 is 1.03 bits per heavy atom. The van der Waals surface area contributed by atoms with Crippen molar-refractivity contribution in [2.75, 3.05) is 29.5 Å². The molecule has 5 nitrogen and oxygen atoms in total. The number of hydrogen-bond acceptors (Lipinski definition) is 4. The molecule has 2 aliphatic heterocycles. The maximum absolute atomic E-state index is 13.4. The molecule has 1 saturated heterocycles. The molecule has 2 heterocycles. The second-order valence-electron chi connectivity index (χ2n) is 9.27. The van der Waals surface area contributed by atoms with Gasteiger partial charge in [-0.25, -0.2) is 0 Å². The molecule has 6 heteroatoms. The summed E-state index contributed by atoms with van der Waals surface area (Å²) in [5, 5.41) is 18.7. The number of nitrogens with zero attached hydrogens (tertiary/aromatic N) is 3. The molecule has 1 N–H and O–H groups in total. The highest BCUT2D eigenvalue weighted by molar-refractivity contribution is 6.32.